The molecule has 0 bridgehead atoms. The van der Waals surface area contributed by atoms with Gasteiger partial charge in [-0.15, -0.1) is 0 Å². The summed E-state index contributed by atoms with van der Waals surface area (Å²) in [5.41, 5.74) is 1.82. The fourth-order valence-electron chi connectivity index (χ4n) is 4.16. The van der Waals surface area contributed by atoms with E-state index in [0.29, 0.717) is 29.2 Å². The van der Waals surface area contributed by atoms with Gasteiger partial charge in [0.15, 0.2) is 0 Å². The van der Waals surface area contributed by atoms with Gasteiger partial charge in [0.25, 0.3) is 11.7 Å². The molecule has 186 valence electrons. The van der Waals surface area contributed by atoms with Gasteiger partial charge in [0.1, 0.15) is 23.1 Å². The molecule has 4 rings (SSSR count). The average Bonchev–Trinajstić information content (AvgIpc) is 3.14. The third kappa shape index (κ3) is 4.66. The number of carbonyl (C=O) groups is 2. The molecule has 3 aromatic carbocycles. The highest BCUT2D eigenvalue weighted by Crippen LogP contribution is 2.43. The van der Waals surface area contributed by atoms with Crippen molar-refractivity contribution in [2.75, 3.05) is 18.6 Å². The molecule has 1 unspecified atom stereocenters. The van der Waals surface area contributed by atoms with Crippen LogP contribution in [0.25, 0.3) is 5.76 Å². The van der Waals surface area contributed by atoms with E-state index < -0.39 is 23.5 Å². The first-order chi connectivity index (χ1) is 17.3. The van der Waals surface area contributed by atoms with Crippen LogP contribution in [0.4, 0.5) is 10.1 Å². The van der Waals surface area contributed by atoms with E-state index in [0.717, 1.165) is 18.1 Å². The molecule has 1 N–H and O–H groups in total. The maximum atomic E-state index is 13.9. The van der Waals surface area contributed by atoms with Crippen molar-refractivity contribution in [3.05, 3.63) is 93.8 Å². The molecule has 0 saturated carbocycles. The highest BCUT2D eigenvalue weighted by molar-refractivity contribution is 6.51. The minimum Gasteiger partial charge on any atom is -0.507 e. The van der Waals surface area contributed by atoms with Crippen LogP contribution in [-0.4, -0.2) is 30.5 Å². The highest BCUT2D eigenvalue weighted by atomic mass is 35.5. The van der Waals surface area contributed by atoms with Gasteiger partial charge in [-0.25, -0.2) is 4.39 Å². The molecule has 0 aliphatic carbocycles. The van der Waals surface area contributed by atoms with Crippen molar-refractivity contribution in [1.29, 1.82) is 0 Å². The van der Waals surface area contributed by atoms with Crippen LogP contribution in [0.15, 0.2) is 66.2 Å². The third-order valence-corrected chi connectivity index (χ3v) is 6.26. The molecule has 36 heavy (non-hydrogen) atoms. The quantitative estimate of drug-likeness (QED) is 0.233. The van der Waals surface area contributed by atoms with Gasteiger partial charge in [-0.3, -0.25) is 14.5 Å². The lowest BCUT2D eigenvalue weighted by atomic mass is 9.94. The van der Waals surface area contributed by atoms with E-state index in [-0.39, 0.29) is 22.0 Å². The summed E-state index contributed by atoms with van der Waals surface area (Å²) in [6.07, 6.45) is 0.847. The second-order valence-corrected chi connectivity index (χ2v) is 8.78. The number of halogens is 2. The molecule has 1 atom stereocenters. The number of anilines is 1. The van der Waals surface area contributed by atoms with Gasteiger partial charge in [-0.2, -0.15) is 0 Å². The molecular weight excluding hydrogens is 485 g/mol. The van der Waals surface area contributed by atoms with Gasteiger partial charge in [-0.1, -0.05) is 30.7 Å². The Morgan fingerprint density at radius 2 is 1.81 bits per heavy atom. The Balaban J connectivity index is 1.88. The van der Waals surface area contributed by atoms with Crippen LogP contribution in [0.1, 0.15) is 36.1 Å². The molecule has 0 aromatic heterocycles. The van der Waals surface area contributed by atoms with E-state index in [4.69, 9.17) is 21.1 Å². The number of nitrogens with zero attached hydrogens (tertiary/aromatic N) is 1. The van der Waals surface area contributed by atoms with Crippen molar-refractivity contribution in [1.82, 2.24) is 0 Å². The van der Waals surface area contributed by atoms with E-state index in [1.165, 1.54) is 24.1 Å². The zero-order valence-corrected chi connectivity index (χ0v) is 20.8. The van der Waals surface area contributed by atoms with Crippen LogP contribution >= 0.6 is 11.6 Å². The summed E-state index contributed by atoms with van der Waals surface area (Å²) in [7, 11) is 1.53. The Hall–Kier alpha value is -3.84. The maximum Gasteiger partial charge on any atom is 0.300 e. The number of rotatable bonds is 7. The van der Waals surface area contributed by atoms with Crippen LogP contribution in [-0.2, 0) is 9.59 Å². The molecule has 0 spiro atoms. The number of amides is 1. The van der Waals surface area contributed by atoms with E-state index in [9.17, 15) is 19.1 Å². The SMILES string of the molecule is CCCOc1ccc(/C(O)=C2\C(=O)C(=O)N(c3ccc(F)c(Cl)c3)C2c2ccc(OC)cc2)cc1C. The monoisotopic (exact) mass is 509 g/mol. The number of ether oxygens (including phenoxy) is 2. The number of aryl methyl sites for hydroxylation is 1. The molecule has 1 aliphatic rings. The molecule has 8 heteroatoms. The fraction of sp³-hybridized carbons (Fsp3) is 0.214. The van der Waals surface area contributed by atoms with E-state index >= 15 is 0 Å². The second kappa shape index (κ2) is 10.4. The maximum absolute atomic E-state index is 13.9. The van der Waals surface area contributed by atoms with Gasteiger partial charge in [0.05, 0.1) is 30.4 Å². The van der Waals surface area contributed by atoms with Gasteiger partial charge in [0, 0.05) is 11.3 Å². The van der Waals surface area contributed by atoms with Gasteiger partial charge < -0.3 is 14.6 Å². The Bertz CT molecular complexity index is 1350. The number of hydrogen-bond donors (Lipinski definition) is 1. The largest absolute Gasteiger partial charge is 0.507 e. The lowest BCUT2D eigenvalue weighted by molar-refractivity contribution is -0.132. The summed E-state index contributed by atoms with van der Waals surface area (Å²) in [5.74, 6) is -1.45. The molecule has 6 nitrogen and oxygen atoms in total. The lowest BCUT2D eigenvalue weighted by Crippen LogP contribution is -2.29. The van der Waals surface area contributed by atoms with Crippen molar-refractivity contribution in [2.24, 2.45) is 0 Å². The van der Waals surface area contributed by atoms with E-state index in [1.807, 2.05) is 13.8 Å². The Labute approximate surface area is 213 Å². The number of Topliss-reactive ketones (excluding diaryl/α,β-unsaturated/α-hetero) is 1. The standard InChI is InChI=1S/C28H25ClFNO5/c1-4-13-36-23-12-7-18(14-16(23)2)26(32)24-25(17-5-9-20(35-3)10-6-17)31(28(34)27(24)33)19-8-11-22(30)21(29)15-19/h5-12,14-15,25,32H,4,13H2,1-3H3/b26-24+. The zero-order valence-electron chi connectivity index (χ0n) is 20.0. The molecule has 3 aromatic rings. The summed E-state index contributed by atoms with van der Waals surface area (Å²) >= 11 is 5.99. The third-order valence-electron chi connectivity index (χ3n) is 5.97. The molecule has 1 amide bonds. The first-order valence-electron chi connectivity index (χ1n) is 11.4. The van der Waals surface area contributed by atoms with Crippen molar-refractivity contribution in [3.63, 3.8) is 0 Å². The van der Waals surface area contributed by atoms with Crippen molar-refractivity contribution in [2.45, 2.75) is 26.3 Å². The van der Waals surface area contributed by atoms with Crippen LogP contribution in [0.2, 0.25) is 5.02 Å². The fourth-order valence-corrected chi connectivity index (χ4v) is 4.34. The Morgan fingerprint density at radius 1 is 1.08 bits per heavy atom. The van der Waals surface area contributed by atoms with Gasteiger partial charge in [-0.05, 0) is 73.0 Å². The Kier molecular flexibility index (Phi) is 7.31. The number of aliphatic hydroxyl groups is 1. The lowest BCUT2D eigenvalue weighted by Gasteiger charge is -2.26. The van der Waals surface area contributed by atoms with Crippen LogP contribution < -0.4 is 14.4 Å². The number of aliphatic hydroxyl groups excluding tert-OH is 1. The van der Waals surface area contributed by atoms with Crippen LogP contribution in [0.3, 0.4) is 0 Å². The van der Waals surface area contributed by atoms with Gasteiger partial charge >= 0.3 is 0 Å². The number of carbonyl (C=O) groups excluding carboxylic acids is 2. The minimum absolute atomic E-state index is 0.0905. The normalized spacial score (nSPS) is 16.9. The van der Waals surface area contributed by atoms with Crippen molar-refractivity contribution >= 4 is 34.7 Å². The number of ketones is 1. The molecule has 1 fully saturated rings. The first-order valence-corrected chi connectivity index (χ1v) is 11.8. The predicted octanol–water partition coefficient (Wildman–Crippen LogP) is 6.21. The zero-order chi connectivity index (χ0) is 26.0. The predicted molar refractivity (Wildman–Crippen MR) is 136 cm³/mol. The van der Waals surface area contributed by atoms with Crippen LogP contribution in [0, 0.1) is 12.7 Å². The summed E-state index contributed by atoms with van der Waals surface area (Å²) in [5, 5.41) is 11.1. The summed E-state index contributed by atoms with van der Waals surface area (Å²) in [6.45, 7) is 4.39. The molecule has 1 saturated heterocycles. The minimum atomic E-state index is -0.978. The highest BCUT2D eigenvalue weighted by Gasteiger charge is 2.47. The smallest absolute Gasteiger partial charge is 0.300 e. The topological polar surface area (TPSA) is 76.1 Å². The van der Waals surface area contributed by atoms with Crippen molar-refractivity contribution in [3.8, 4) is 11.5 Å². The summed E-state index contributed by atoms with van der Waals surface area (Å²) in [4.78, 5) is 27.7. The van der Waals surface area contributed by atoms with E-state index in [2.05, 4.69) is 0 Å². The Morgan fingerprint density at radius 3 is 2.42 bits per heavy atom. The number of methoxy groups -OCH3 is 1. The first kappa shape index (κ1) is 25.3. The molecule has 1 heterocycles. The molecular formula is C28H25ClFNO5. The van der Waals surface area contributed by atoms with Gasteiger partial charge in [0.2, 0.25) is 0 Å². The van der Waals surface area contributed by atoms with E-state index in [1.54, 1.807) is 42.5 Å². The summed E-state index contributed by atoms with van der Waals surface area (Å²) in [6, 6.07) is 14.6. The number of benzene rings is 3. The molecule has 1 aliphatic heterocycles. The summed E-state index contributed by atoms with van der Waals surface area (Å²) < 4.78 is 24.8. The average molecular weight is 510 g/mol. The van der Waals surface area contributed by atoms with Crippen LogP contribution in [0.5, 0.6) is 11.5 Å². The molecule has 0 radical (unpaired) electrons. The second-order valence-electron chi connectivity index (χ2n) is 8.37. The number of hydrogen-bond acceptors (Lipinski definition) is 5. The van der Waals surface area contributed by atoms with Crippen molar-refractivity contribution < 1.29 is 28.6 Å².